The molecule has 0 saturated heterocycles. The van der Waals surface area contributed by atoms with E-state index in [0.29, 0.717) is 6.04 Å². The second-order valence-corrected chi connectivity index (χ2v) is 5.69. The van der Waals surface area contributed by atoms with Crippen LogP contribution in [0.3, 0.4) is 0 Å². The number of hydrogen-bond donors (Lipinski definition) is 1. The van der Waals surface area contributed by atoms with Crippen molar-refractivity contribution in [2.45, 2.75) is 36.1 Å². The van der Waals surface area contributed by atoms with E-state index in [1.54, 1.807) is 16.4 Å². The van der Waals surface area contributed by atoms with Gasteiger partial charge >= 0.3 is 0 Å². The molecule has 19 heavy (non-hydrogen) atoms. The van der Waals surface area contributed by atoms with Gasteiger partial charge in [0, 0.05) is 30.4 Å². The van der Waals surface area contributed by atoms with E-state index in [1.165, 1.54) is 0 Å². The Labute approximate surface area is 118 Å². The van der Waals surface area contributed by atoms with Crippen LogP contribution in [0.5, 0.6) is 0 Å². The lowest BCUT2D eigenvalue weighted by Crippen LogP contribution is -2.20. The van der Waals surface area contributed by atoms with Gasteiger partial charge in [-0.2, -0.15) is 5.10 Å². The fourth-order valence-electron chi connectivity index (χ4n) is 1.76. The smallest absolute Gasteiger partial charge is 0.0629 e. The third kappa shape index (κ3) is 4.08. The Morgan fingerprint density at radius 2 is 2.16 bits per heavy atom. The molecule has 5 heteroatoms. The highest BCUT2D eigenvalue weighted by Gasteiger charge is 2.06. The molecule has 2 aromatic heterocycles. The van der Waals surface area contributed by atoms with Crippen LogP contribution in [0.2, 0.25) is 0 Å². The van der Waals surface area contributed by atoms with E-state index < -0.39 is 0 Å². The molecule has 0 fully saturated rings. The van der Waals surface area contributed by atoms with Crippen LogP contribution in [0.1, 0.15) is 32.0 Å². The first-order chi connectivity index (χ1) is 9.19. The van der Waals surface area contributed by atoms with E-state index in [1.807, 2.05) is 25.6 Å². The maximum atomic E-state index is 4.52. The number of aryl methyl sites for hydroxylation is 1. The van der Waals surface area contributed by atoms with Crippen molar-refractivity contribution in [1.82, 2.24) is 20.1 Å². The zero-order chi connectivity index (χ0) is 13.7. The zero-order valence-corrected chi connectivity index (χ0v) is 12.4. The molecule has 2 rings (SSSR count). The number of aromatic nitrogens is 3. The standard InChI is InChI=1S/C14H20N4S/c1-4-7-15-11(2)14-6-5-12(8-16-14)19-13-9-17-18(3)10-13/h5-6,8-11,15H,4,7H2,1-3H3. The van der Waals surface area contributed by atoms with Gasteiger partial charge in [0.2, 0.25) is 0 Å². The highest BCUT2D eigenvalue weighted by molar-refractivity contribution is 7.99. The minimum absolute atomic E-state index is 0.303. The molecule has 2 heterocycles. The molecule has 2 aromatic rings. The van der Waals surface area contributed by atoms with Crippen LogP contribution >= 0.6 is 11.8 Å². The van der Waals surface area contributed by atoms with Crippen LogP contribution in [0.15, 0.2) is 40.5 Å². The summed E-state index contributed by atoms with van der Waals surface area (Å²) in [4.78, 5) is 6.80. The lowest BCUT2D eigenvalue weighted by molar-refractivity contribution is 0.558. The first-order valence-corrected chi connectivity index (χ1v) is 7.36. The zero-order valence-electron chi connectivity index (χ0n) is 11.6. The lowest BCUT2D eigenvalue weighted by Gasteiger charge is -2.12. The second-order valence-electron chi connectivity index (χ2n) is 4.55. The molecule has 0 aromatic carbocycles. The molecule has 0 bridgehead atoms. The summed E-state index contributed by atoms with van der Waals surface area (Å²) in [7, 11) is 1.92. The lowest BCUT2D eigenvalue weighted by atomic mass is 10.2. The fraction of sp³-hybridized carbons (Fsp3) is 0.429. The Bertz CT molecular complexity index is 506. The largest absolute Gasteiger partial charge is 0.309 e. The van der Waals surface area contributed by atoms with Crippen LogP contribution in [-0.4, -0.2) is 21.3 Å². The van der Waals surface area contributed by atoms with E-state index in [2.05, 4.69) is 41.4 Å². The van der Waals surface area contributed by atoms with Crippen molar-refractivity contribution in [3.05, 3.63) is 36.4 Å². The van der Waals surface area contributed by atoms with E-state index >= 15 is 0 Å². The number of rotatable bonds is 6. The first-order valence-electron chi connectivity index (χ1n) is 6.55. The Hall–Kier alpha value is -1.33. The average Bonchev–Trinajstić information content (AvgIpc) is 2.82. The molecule has 0 spiro atoms. The first kappa shape index (κ1) is 14.1. The minimum Gasteiger partial charge on any atom is -0.309 e. The van der Waals surface area contributed by atoms with Gasteiger partial charge in [-0.1, -0.05) is 18.7 Å². The van der Waals surface area contributed by atoms with Gasteiger partial charge in [0.1, 0.15) is 0 Å². The molecule has 0 saturated carbocycles. The van der Waals surface area contributed by atoms with Crippen molar-refractivity contribution in [3.63, 3.8) is 0 Å². The molecule has 0 radical (unpaired) electrons. The molecule has 102 valence electrons. The van der Waals surface area contributed by atoms with Gasteiger partial charge in [0.25, 0.3) is 0 Å². The summed E-state index contributed by atoms with van der Waals surface area (Å²) in [5.41, 5.74) is 1.09. The van der Waals surface area contributed by atoms with Gasteiger partial charge in [-0.05, 0) is 32.0 Å². The second kappa shape index (κ2) is 6.73. The monoisotopic (exact) mass is 276 g/mol. The van der Waals surface area contributed by atoms with E-state index in [-0.39, 0.29) is 0 Å². The topological polar surface area (TPSA) is 42.7 Å². The van der Waals surface area contributed by atoms with Crippen molar-refractivity contribution in [2.24, 2.45) is 7.05 Å². The summed E-state index contributed by atoms with van der Waals surface area (Å²) < 4.78 is 1.81. The normalized spacial score (nSPS) is 12.6. The van der Waals surface area contributed by atoms with Crippen LogP contribution in [0, 0.1) is 0 Å². The Kier molecular flexibility index (Phi) is 4.99. The summed E-state index contributed by atoms with van der Waals surface area (Å²) in [6.07, 6.45) is 6.93. The summed E-state index contributed by atoms with van der Waals surface area (Å²) in [6.45, 7) is 5.34. The molecule has 1 N–H and O–H groups in total. The predicted octanol–water partition coefficient (Wildman–Crippen LogP) is 3.03. The SMILES string of the molecule is CCCNC(C)c1ccc(Sc2cnn(C)c2)cn1. The van der Waals surface area contributed by atoms with Crippen molar-refractivity contribution in [3.8, 4) is 0 Å². The Morgan fingerprint density at radius 3 is 2.74 bits per heavy atom. The quantitative estimate of drug-likeness (QED) is 0.880. The van der Waals surface area contributed by atoms with Gasteiger partial charge in [-0.15, -0.1) is 0 Å². The molecule has 1 unspecified atom stereocenters. The summed E-state index contributed by atoms with van der Waals surface area (Å²) in [6, 6.07) is 4.51. The van der Waals surface area contributed by atoms with Gasteiger partial charge in [0.15, 0.2) is 0 Å². The van der Waals surface area contributed by atoms with Crippen LogP contribution in [0.25, 0.3) is 0 Å². The van der Waals surface area contributed by atoms with E-state index in [9.17, 15) is 0 Å². The summed E-state index contributed by atoms with van der Waals surface area (Å²) in [5.74, 6) is 0. The van der Waals surface area contributed by atoms with Crippen LogP contribution in [0.4, 0.5) is 0 Å². The van der Waals surface area contributed by atoms with Crippen molar-refractivity contribution >= 4 is 11.8 Å². The van der Waals surface area contributed by atoms with Crippen molar-refractivity contribution in [1.29, 1.82) is 0 Å². The third-order valence-electron chi connectivity index (χ3n) is 2.82. The summed E-state index contributed by atoms with van der Waals surface area (Å²) in [5, 5.41) is 7.60. The fourth-order valence-corrected chi connectivity index (χ4v) is 2.58. The highest BCUT2D eigenvalue weighted by atomic mass is 32.2. The van der Waals surface area contributed by atoms with Gasteiger partial charge in [-0.3, -0.25) is 9.67 Å². The molecule has 0 aliphatic heterocycles. The van der Waals surface area contributed by atoms with Gasteiger partial charge in [0.05, 0.1) is 16.8 Å². The number of nitrogens with zero attached hydrogens (tertiary/aromatic N) is 3. The Balaban J connectivity index is 1.98. The molecule has 0 amide bonds. The third-order valence-corrected chi connectivity index (χ3v) is 3.74. The minimum atomic E-state index is 0.303. The number of pyridine rings is 1. The molecule has 0 aliphatic rings. The van der Waals surface area contributed by atoms with E-state index in [4.69, 9.17) is 0 Å². The predicted molar refractivity (Wildman–Crippen MR) is 78.3 cm³/mol. The van der Waals surface area contributed by atoms with Gasteiger partial charge < -0.3 is 5.32 Å². The molecular formula is C14H20N4S. The molecule has 1 atom stereocenters. The molecule has 4 nitrogen and oxygen atoms in total. The van der Waals surface area contributed by atoms with Crippen LogP contribution in [-0.2, 0) is 7.05 Å². The number of hydrogen-bond acceptors (Lipinski definition) is 4. The highest BCUT2D eigenvalue weighted by Crippen LogP contribution is 2.26. The van der Waals surface area contributed by atoms with Crippen molar-refractivity contribution < 1.29 is 0 Å². The van der Waals surface area contributed by atoms with Gasteiger partial charge in [-0.25, -0.2) is 0 Å². The average molecular weight is 276 g/mol. The summed E-state index contributed by atoms with van der Waals surface area (Å²) >= 11 is 1.68. The number of nitrogens with one attached hydrogen (secondary N) is 1. The van der Waals surface area contributed by atoms with Crippen LogP contribution < -0.4 is 5.32 Å². The molecular weight excluding hydrogens is 256 g/mol. The maximum Gasteiger partial charge on any atom is 0.0629 e. The Morgan fingerprint density at radius 1 is 1.32 bits per heavy atom. The maximum absolute atomic E-state index is 4.52. The molecule has 0 aliphatic carbocycles. The van der Waals surface area contributed by atoms with Crippen molar-refractivity contribution in [2.75, 3.05) is 6.54 Å². The van der Waals surface area contributed by atoms with E-state index in [0.717, 1.165) is 28.5 Å².